The zero-order chi connectivity index (χ0) is 43.3. The number of benzene rings is 10. The van der Waals surface area contributed by atoms with Gasteiger partial charge >= 0.3 is 0 Å². The van der Waals surface area contributed by atoms with Gasteiger partial charge in [0.2, 0.25) is 0 Å². The van der Waals surface area contributed by atoms with Gasteiger partial charge in [-0.25, -0.2) is 4.98 Å². The monoisotopic (exact) mass is 860 g/mol. The van der Waals surface area contributed by atoms with Crippen LogP contribution in [0.4, 0.5) is 0 Å². The van der Waals surface area contributed by atoms with E-state index in [1.165, 1.54) is 27.4 Å². The standard InChI is InChI=1S/C61H36N2O2S/c1-5-13-53-47(9-1)48-10-2-6-14-54(48)63(53)44-29-25-41(26-30-44)61-62-59-45(39-21-17-37(18-22-39)42-27-33-57-51(35-42)49-11-3-7-15-55(49)64-57)31-32-46(60(59)66-61)40-23-19-38(20-24-40)43-28-34-58-52(36-43)50-12-4-8-16-56(50)65-58/h1-36H. The third-order valence-electron chi connectivity index (χ3n) is 13.3. The molecular formula is C61H36N2O2S. The Morgan fingerprint density at radius 1 is 0.333 bits per heavy atom. The predicted octanol–water partition coefficient (Wildman–Crippen LogP) is 17.5. The first-order valence-corrected chi connectivity index (χ1v) is 23.1. The molecule has 0 fully saturated rings. The Kier molecular flexibility index (Phi) is 8.12. The van der Waals surface area contributed by atoms with Crippen LogP contribution in [0.5, 0.6) is 0 Å². The number of thiazole rings is 1. The third kappa shape index (κ3) is 5.80. The van der Waals surface area contributed by atoms with E-state index >= 15 is 0 Å². The molecule has 0 saturated heterocycles. The van der Waals surface area contributed by atoms with Crippen LogP contribution in [-0.4, -0.2) is 9.55 Å². The van der Waals surface area contributed by atoms with E-state index in [4.69, 9.17) is 13.8 Å². The molecule has 0 aliphatic carbocycles. The second-order valence-electron chi connectivity index (χ2n) is 17.0. The quantitative estimate of drug-likeness (QED) is 0.167. The van der Waals surface area contributed by atoms with E-state index in [1.54, 1.807) is 11.3 Å². The van der Waals surface area contributed by atoms with E-state index < -0.39 is 0 Å². The second-order valence-corrected chi connectivity index (χ2v) is 18.0. The molecule has 4 heterocycles. The summed E-state index contributed by atoms with van der Waals surface area (Å²) >= 11 is 1.76. The molecule has 0 amide bonds. The summed E-state index contributed by atoms with van der Waals surface area (Å²) in [5.74, 6) is 0. The first kappa shape index (κ1) is 36.9. The molecule has 0 saturated carbocycles. The van der Waals surface area contributed by atoms with Gasteiger partial charge in [0.25, 0.3) is 0 Å². The first-order valence-electron chi connectivity index (χ1n) is 22.3. The van der Waals surface area contributed by atoms with Crippen LogP contribution in [0.15, 0.2) is 227 Å². The van der Waals surface area contributed by atoms with Gasteiger partial charge in [-0.1, -0.05) is 146 Å². The highest BCUT2D eigenvalue weighted by molar-refractivity contribution is 7.22. The van der Waals surface area contributed by atoms with Crippen molar-refractivity contribution in [1.82, 2.24) is 9.55 Å². The van der Waals surface area contributed by atoms with Gasteiger partial charge in [0, 0.05) is 54.7 Å². The van der Waals surface area contributed by atoms with Gasteiger partial charge in [-0.3, -0.25) is 0 Å². The summed E-state index contributed by atoms with van der Waals surface area (Å²) in [5, 5.41) is 8.02. The van der Waals surface area contributed by atoms with E-state index in [0.29, 0.717) is 0 Å². The lowest BCUT2D eigenvalue weighted by Gasteiger charge is -2.10. The zero-order valence-corrected chi connectivity index (χ0v) is 36.2. The van der Waals surface area contributed by atoms with Gasteiger partial charge in [-0.05, 0) is 106 Å². The topological polar surface area (TPSA) is 44.1 Å². The van der Waals surface area contributed by atoms with Crippen molar-refractivity contribution in [3.63, 3.8) is 0 Å². The molecule has 14 aromatic rings. The molecule has 10 aromatic carbocycles. The molecule has 0 radical (unpaired) electrons. The van der Waals surface area contributed by atoms with Crippen molar-refractivity contribution in [1.29, 1.82) is 0 Å². The van der Waals surface area contributed by atoms with Crippen LogP contribution in [0.2, 0.25) is 0 Å². The van der Waals surface area contributed by atoms with E-state index in [9.17, 15) is 0 Å². The molecule has 0 atom stereocenters. The van der Waals surface area contributed by atoms with Crippen LogP contribution in [0.3, 0.4) is 0 Å². The van der Waals surface area contributed by atoms with E-state index in [1.807, 2.05) is 24.3 Å². The summed E-state index contributed by atoms with van der Waals surface area (Å²) in [7, 11) is 0. The van der Waals surface area contributed by atoms with Gasteiger partial charge in [-0.2, -0.15) is 0 Å². The smallest absolute Gasteiger partial charge is 0.135 e. The number of fused-ring (bicyclic) bond motifs is 10. The number of hydrogen-bond acceptors (Lipinski definition) is 4. The summed E-state index contributed by atoms with van der Waals surface area (Å²) in [6.07, 6.45) is 0. The molecule has 66 heavy (non-hydrogen) atoms. The highest BCUT2D eigenvalue weighted by atomic mass is 32.1. The van der Waals surface area contributed by atoms with Crippen LogP contribution < -0.4 is 0 Å². The minimum atomic E-state index is 0.902. The molecule has 4 aromatic heterocycles. The molecule has 0 bridgehead atoms. The van der Waals surface area contributed by atoms with Crippen LogP contribution in [-0.2, 0) is 0 Å². The first-order chi connectivity index (χ1) is 32.7. The summed E-state index contributed by atoms with van der Waals surface area (Å²) in [4.78, 5) is 5.48. The molecule has 0 aliphatic heterocycles. The Labute approximate surface area is 382 Å². The van der Waals surface area contributed by atoms with Crippen molar-refractivity contribution in [2.24, 2.45) is 0 Å². The number of para-hydroxylation sites is 4. The summed E-state index contributed by atoms with van der Waals surface area (Å²) in [6, 6.07) is 78.0. The molecule has 14 rings (SSSR count). The van der Waals surface area contributed by atoms with Gasteiger partial charge in [0.05, 0.1) is 21.3 Å². The number of aromatic nitrogens is 2. The van der Waals surface area contributed by atoms with E-state index in [2.05, 4.69) is 199 Å². The van der Waals surface area contributed by atoms with Gasteiger partial charge in [0.15, 0.2) is 0 Å². The van der Waals surface area contributed by atoms with E-state index in [0.717, 1.165) is 109 Å². The number of hydrogen-bond donors (Lipinski definition) is 0. The fourth-order valence-corrected chi connectivity index (χ4v) is 11.2. The van der Waals surface area contributed by atoms with Crippen LogP contribution in [0.1, 0.15) is 0 Å². The SMILES string of the molecule is c1ccc2c(c1)oc1ccc(-c3ccc(-c4ccc(-c5ccc(-c6ccc7oc8ccccc8c7c6)cc5)c5sc(-c6ccc(-n7c8ccccc8c8ccccc87)cc6)nc45)cc3)cc12. The van der Waals surface area contributed by atoms with Gasteiger partial charge in [-0.15, -0.1) is 11.3 Å². The van der Waals surface area contributed by atoms with Crippen molar-refractivity contribution in [3.05, 3.63) is 218 Å². The van der Waals surface area contributed by atoms with Crippen LogP contribution in [0, 0.1) is 0 Å². The lowest BCUT2D eigenvalue weighted by Crippen LogP contribution is -1.93. The molecule has 0 aliphatic rings. The van der Waals surface area contributed by atoms with Crippen molar-refractivity contribution in [3.8, 4) is 60.8 Å². The molecule has 308 valence electrons. The minimum absolute atomic E-state index is 0.902. The molecule has 0 unspecified atom stereocenters. The Morgan fingerprint density at radius 2 is 0.758 bits per heavy atom. The molecular weight excluding hydrogens is 825 g/mol. The van der Waals surface area contributed by atoms with Crippen molar-refractivity contribution < 1.29 is 8.83 Å². The molecule has 5 heteroatoms. The maximum atomic E-state index is 6.13. The number of furan rings is 2. The highest BCUT2D eigenvalue weighted by Crippen LogP contribution is 2.43. The second kappa shape index (κ2) is 14.5. The fourth-order valence-electron chi connectivity index (χ4n) is 10.0. The summed E-state index contributed by atoms with van der Waals surface area (Å²) in [5.41, 5.74) is 18.4. The van der Waals surface area contributed by atoms with Gasteiger partial charge in [0.1, 0.15) is 27.3 Å². The average molecular weight is 861 g/mol. The lowest BCUT2D eigenvalue weighted by molar-refractivity contribution is 0.668. The lowest BCUT2D eigenvalue weighted by atomic mass is 9.95. The van der Waals surface area contributed by atoms with E-state index in [-0.39, 0.29) is 0 Å². The number of nitrogens with zero attached hydrogens (tertiary/aromatic N) is 2. The maximum Gasteiger partial charge on any atom is 0.135 e. The Bertz CT molecular complexity index is 3960. The summed E-state index contributed by atoms with van der Waals surface area (Å²) in [6.45, 7) is 0. The Balaban J connectivity index is 0.864. The molecule has 0 N–H and O–H groups in total. The maximum absolute atomic E-state index is 6.13. The molecule has 0 spiro atoms. The fraction of sp³-hybridized carbons (Fsp3) is 0. The Morgan fingerprint density at radius 3 is 1.32 bits per heavy atom. The predicted molar refractivity (Wildman–Crippen MR) is 276 cm³/mol. The van der Waals surface area contributed by atoms with Crippen molar-refractivity contribution in [2.45, 2.75) is 0 Å². The van der Waals surface area contributed by atoms with Crippen LogP contribution >= 0.6 is 11.3 Å². The summed E-state index contributed by atoms with van der Waals surface area (Å²) < 4.78 is 15.8. The average Bonchev–Trinajstić information content (AvgIpc) is 4.17. The third-order valence-corrected chi connectivity index (χ3v) is 14.4. The Hall–Kier alpha value is -8.51. The highest BCUT2D eigenvalue weighted by Gasteiger charge is 2.19. The van der Waals surface area contributed by atoms with Crippen LogP contribution in [0.25, 0.3) is 137 Å². The van der Waals surface area contributed by atoms with Crippen molar-refractivity contribution in [2.75, 3.05) is 0 Å². The zero-order valence-electron chi connectivity index (χ0n) is 35.4. The largest absolute Gasteiger partial charge is 0.456 e. The normalized spacial score (nSPS) is 11.9. The number of rotatable bonds is 6. The van der Waals surface area contributed by atoms with Crippen molar-refractivity contribution >= 4 is 87.2 Å². The van der Waals surface area contributed by atoms with Gasteiger partial charge < -0.3 is 13.4 Å². The molecule has 4 nitrogen and oxygen atoms in total. The minimum Gasteiger partial charge on any atom is -0.456 e.